The van der Waals surface area contributed by atoms with Crippen LogP contribution in [-0.4, -0.2) is 17.4 Å². The second-order valence-corrected chi connectivity index (χ2v) is 4.61. The van der Waals surface area contributed by atoms with Crippen molar-refractivity contribution in [2.75, 3.05) is 6.54 Å². The van der Waals surface area contributed by atoms with Gasteiger partial charge in [-0.25, -0.2) is 0 Å². The van der Waals surface area contributed by atoms with Crippen molar-refractivity contribution in [1.82, 2.24) is 4.90 Å². The van der Waals surface area contributed by atoms with Crippen LogP contribution in [0.5, 0.6) is 5.75 Å². The molecule has 1 amide bonds. The zero-order valence-corrected chi connectivity index (χ0v) is 10.2. The number of carbonyl (C=O) groups is 1. The van der Waals surface area contributed by atoms with Crippen molar-refractivity contribution in [2.24, 2.45) is 0 Å². The van der Waals surface area contributed by atoms with Gasteiger partial charge in [-0.05, 0) is 23.4 Å². The number of benzene rings is 2. The number of para-hydroxylation sites is 1. The first kappa shape index (κ1) is 10.4. The third-order valence-electron chi connectivity index (χ3n) is 3.50. The van der Waals surface area contributed by atoms with Crippen LogP contribution >= 0.6 is 0 Å². The van der Waals surface area contributed by atoms with Crippen LogP contribution in [0.3, 0.4) is 0 Å². The first-order valence-electron chi connectivity index (χ1n) is 6.23. The quantitative estimate of drug-likeness (QED) is 0.699. The fraction of sp³-hybridized carbons (Fsp3) is 0.0625. The summed E-state index contributed by atoms with van der Waals surface area (Å²) in [5.74, 6) is 1.28. The number of amides is 1. The van der Waals surface area contributed by atoms with Gasteiger partial charge in [-0.15, -0.1) is 0 Å². The molecule has 2 aromatic rings. The highest BCUT2D eigenvalue weighted by atomic mass is 16.5. The van der Waals surface area contributed by atoms with Gasteiger partial charge in [0.1, 0.15) is 5.75 Å². The fourth-order valence-corrected chi connectivity index (χ4v) is 2.55. The molecule has 2 aromatic carbocycles. The van der Waals surface area contributed by atoms with E-state index in [0.717, 1.165) is 10.4 Å². The number of carbonyl (C=O) groups excluding carboxylic acids is 1. The highest BCUT2D eigenvalue weighted by molar-refractivity contribution is 6.02. The zero-order valence-electron chi connectivity index (χ0n) is 10.2. The Morgan fingerprint density at radius 1 is 1.00 bits per heavy atom. The van der Waals surface area contributed by atoms with Gasteiger partial charge >= 0.3 is 0 Å². The highest BCUT2D eigenvalue weighted by Crippen LogP contribution is 2.29. The molecule has 0 unspecified atom stereocenters. The molecule has 2 aliphatic heterocycles. The lowest BCUT2D eigenvalue weighted by Crippen LogP contribution is -2.46. The van der Waals surface area contributed by atoms with Gasteiger partial charge in [0.15, 0.2) is 0 Å². The summed E-state index contributed by atoms with van der Waals surface area (Å²) in [5, 5.41) is 2.08. The van der Waals surface area contributed by atoms with Crippen molar-refractivity contribution in [2.45, 2.75) is 0 Å². The lowest BCUT2D eigenvalue weighted by Gasteiger charge is -2.31. The Hall–Kier alpha value is -2.55. The average molecular weight is 249 g/mol. The molecule has 0 atom stereocenters. The number of fused-ring (bicyclic) bond motifs is 3. The molecular weight excluding hydrogens is 238 g/mol. The Balaban J connectivity index is 2.03. The molecule has 0 saturated carbocycles. The third kappa shape index (κ3) is 1.41. The van der Waals surface area contributed by atoms with Gasteiger partial charge in [0.2, 0.25) is 5.88 Å². The molecule has 19 heavy (non-hydrogen) atoms. The summed E-state index contributed by atoms with van der Waals surface area (Å²) in [5.41, 5.74) is 0.624. The topological polar surface area (TPSA) is 29.5 Å². The molecule has 0 bridgehead atoms. The molecule has 0 aromatic heterocycles. The average Bonchev–Trinajstić information content (AvgIpc) is 2.47. The van der Waals surface area contributed by atoms with Crippen LogP contribution in [0.15, 0.2) is 48.5 Å². The van der Waals surface area contributed by atoms with Crippen molar-refractivity contribution < 1.29 is 9.53 Å². The van der Waals surface area contributed by atoms with Crippen LogP contribution in [0.1, 0.15) is 10.4 Å². The van der Waals surface area contributed by atoms with Crippen LogP contribution in [-0.2, 0) is 0 Å². The lowest BCUT2D eigenvalue weighted by molar-refractivity contribution is 0.0792. The second-order valence-electron chi connectivity index (χ2n) is 4.61. The van der Waals surface area contributed by atoms with Crippen LogP contribution in [0.25, 0.3) is 12.0 Å². The number of nitrogens with zero attached hydrogens (tertiary/aromatic N) is 1. The first-order valence-corrected chi connectivity index (χ1v) is 6.23. The summed E-state index contributed by atoms with van der Waals surface area (Å²) in [6.45, 7) is 0.555. The Morgan fingerprint density at radius 2 is 1.79 bits per heavy atom. The number of rotatable bonds is 0. The maximum Gasteiger partial charge on any atom is 0.264 e. The molecule has 0 saturated heterocycles. The van der Waals surface area contributed by atoms with Crippen molar-refractivity contribution in [3.63, 3.8) is 0 Å². The van der Waals surface area contributed by atoms with E-state index in [9.17, 15) is 4.79 Å². The number of hydrogen-bond donors (Lipinski definition) is 0. The monoisotopic (exact) mass is 249 g/mol. The molecule has 2 heterocycles. The van der Waals surface area contributed by atoms with Gasteiger partial charge in [-0.1, -0.05) is 36.4 Å². The first-order chi connectivity index (χ1) is 9.34. The van der Waals surface area contributed by atoms with Crippen LogP contribution in [0.4, 0.5) is 0 Å². The van der Waals surface area contributed by atoms with Crippen molar-refractivity contribution in [3.05, 3.63) is 64.5 Å². The standard InChI is InChI=1S/C16H11NO2/c18-15-13-7-3-4-8-14(13)19-16-12-6-2-1-5-11(12)9-10-17(15)16/h1-9H,10H2. The Kier molecular flexibility index (Phi) is 2.03. The van der Waals surface area contributed by atoms with E-state index in [0.29, 0.717) is 23.7 Å². The van der Waals surface area contributed by atoms with E-state index in [2.05, 4.69) is 0 Å². The van der Waals surface area contributed by atoms with Gasteiger partial charge in [0.05, 0.1) is 5.56 Å². The molecule has 92 valence electrons. The number of hydrogen-bond acceptors (Lipinski definition) is 2. The van der Waals surface area contributed by atoms with Crippen molar-refractivity contribution in [3.8, 4) is 5.75 Å². The number of ether oxygens (including phenoxy) is 1. The summed E-state index contributed by atoms with van der Waals surface area (Å²) in [4.78, 5) is 14.2. The Bertz CT molecular complexity index is 807. The largest absolute Gasteiger partial charge is 0.439 e. The predicted molar refractivity (Wildman–Crippen MR) is 71.7 cm³/mol. The molecule has 2 aliphatic rings. The van der Waals surface area contributed by atoms with Gasteiger partial charge in [0, 0.05) is 11.8 Å². The second kappa shape index (κ2) is 3.72. The molecule has 0 spiro atoms. The lowest BCUT2D eigenvalue weighted by atomic mass is 10.1. The molecular formula is C16H11NO2. The molecule has 0 aliphatic carbocycles. The van der Waals surface area contributed by atoms with Gasteiger partial charge in [-0.2, -0.15) is 0 Å². The molecule has 3 heteroatoms. The summed E-state index contributed by atoms with van der Waals surface area (Å²) < 4.78 is 5.93. The maximum atomic E-state index is 12.5. The van der Waals surface area contributed by atoms with E-state index in [4.69, 9.17) is 4.74 Å². The van der Waals surface area contributed by atoms with Crippen LogP contribution in [0.2, 0.25) is 0 Å². The van der Waals surface area contributed by atoms with E-state index >= 15 is 0 Å². The predicted octanol–water partition coefficient (Wildman–Crippen LogP) is 1.08. The van der Waals surface area contributed by atoms with Crippen molar-refractivity contribution in [1.29, 1.82) is 0 Å². The fourth-order valence-electron chi connectivity index (χ4n) is 2.55. The van der Waals surface area contributed by atoms with E-state index in [1.165, 1.54) is 0 Å². The molecule has 0 N–H and O–H groups in total. The summed E-state index contributed by atoms with van der Waals surface area (Å²) in [6.07, 6.45) is 2.05. The zero-order chi connectivity index (χ0) is 12.8. The SMILES string of the molecule is O=C1c2ccccc2OC2=c3ccccc3=CCN12. The molecule has 0 fully saturated rings. The van der Waals surface area contributed by atoms with E-state index in [1.54, 1.807) is 11.0 Å². The molecule has 3 nitrogen and oxygen atoms in total. The van der Waals surface area contributed by atoms with Gasteiger partial charge in [0.25, 0.3) is 5.91 Å². The van der Waals surface area contributed by atoms with E-state index in [1.807, 2.05) is 48.5 Å². The molecule has 4 rings (SSSR count). The third-order valence-corrected chi connectivity index (χ3v) is 3.50. The van der Waals surface area contributed by atoms with E-state index in [-0.39, 0.29) is 5.91 Å². The maximum absolute atomic E-state index is 12.5. The van der Waals surface area contributed by atoms with Gasteiger partial charge < -0.3 is 4.74 Å². The summed E-state index contributed by atoms with van der Waals surface area (Å²) >= 11 is 0. The normalized spacial score (nSPS) is 15.9. The minimum Gasteiger partial charge on any atom is -0.439 e. The van der Waals surface area contributed by atoms with E-state index < -0.39 is 0 Å². The van der Waals surface area contributed by atoms with Crippen molar-refractivity contribution >= 4 is 17.9 Å². The van der Waals surface area contributed by atoms with Gasteiger partial charge in [-0.3, -0.25) is 9.69 Å². The smallest absolute Gasteiger partial charge is 0.264 e. The highest BCUT2D eigenvalue weighted by Gasteiger charge is 2.30. The molecule has 0 radical (unpaired) electrons. The summed E-state index contributed by atoms with van der Waals surface area (Å²) in [7, 11) is 0. The van der Waals surface area contributed by atoms with Crippen LogP contribution in [0, 0.1) is 0 Å². The Morgan fingerprint density at radius 3 is 2.74 bits per heavy atom. The minimum atomic E-state index is 0.00241. The minimum absolute atomic E-state index is 0.00241. The Labute approximate surface area is 110 Å². The summed E-state index contributed by atoms with van der Waals surface area (Å²) in [6, 6.07) is 15.3. The van der Waals surface area contributed by atoms with Crippen LogP contribution < -0.4 is 15.2 Å².